The molecule has 0 aliphatic heterocycles. The molecule has 8 heteroatoms. The van der Waals surface area contributed by atoms with Gasteiger partial charge in [0.2, 0.25) is 0 Å². The lowest BCUT2D eigenvalue weighted by atomic mass is 10.1. The predicted octanol–water partition coefficient (Wildman–Crippen LogP) is 2.89. The maximum Gasteiger partial charge on any atom is 0.340 e. The van der Waals surface area contributed by atoms with Gasteiger partial charge in [0.15, 0.2) is 0 Å². The fourth-order valence-corrected chi connectivity index (χ4v) is 2.99. The fourth-order valence-electron chi connectivity index (χ4n) is 1.79. The molecule has 2 N–H and O–H groups in total. The second-order valence-corrected chi connectivity index (χ2v) is 5.95. The Morgan fingerprint density at radius 1 is 1.38 bits per heavy atom. The van der Waals surface area contributed by atoms with Gasteiger partial charge in [0.1, 0.15) is 16.3 Å². The van der Waals surface area contributed by atoms with Gasteiger partial charge in [0, 0.05) is 11.5 Å². The fraction of sp³-hybridized carbons (Fsp3) is 0.154. The van der Waals surface area contributed by atoms with Crippen molar-refractivity contribution in [1.82, 2.24) is 4.37 Å². The van der Waals surface area contributed by atoms with Gasteiger partial charge in [0.05, 0.1) is 11.3 Å². The zero-order chi connectivity index (χ0) is 15.7. The Kier molecular flexibility index (Phi) is 4.29. The van der Waals surface area contributed by atoms with Crippen LogP contribution >= 0.6 is 27.5 Å². The summed E-state index contributed by atoms with van der Waals surface area (Å²) in [5, 5.41) is 19.3. The molecule has 1 aromatic carbocycles. The lowest BCUT2D eigenvalue weighted by Crippen LogP contribution is -2.27. The summed E-state index contributed by atoms with van der Waals surface area (Å²) in [7, 11) is 1.45. The summed E-state index contributed by atoms with van der Waals surface area (Å²) in [6.07, 6.45) is 0. The Hall–Kier alpha value is -1.93. The number of carbonyl (C=O) groups is 2. The van der Waals surface area contributed by atoms with Gasteiger partial charge in [0.25, 0.3) is 5.91 Å². The van der Waals surface area contributed by atoms with Gasteiger partial charge in [-0.15, -0.1) is 0 Å². The molecular formula is C13H11BrN2O4S. The number of aromatic carboxylic acids is 1. The van der Waals surface area contributed by atoms with Gasteiger partial charge >= 0.3 is 5.97 Å². The number of aromatic nitrogens is 1. The molecule has 6 nitrogen and oxygen atoms in total. The third-order valence-electron chi connectivity index (χ3n) is 2.86. The Balaban J connectivity index is 2.42. The number of amides is 1. The van der Waals surface area contributed by atoms with Crippen molar-refractivity contribution in [2.45, 2.75) is 6.92 Å². The second kappa shape index (κ2) is 5.82. The van der Waals surface area contributed by atoms with E-state index < -0.39 is 11.9 Å². The smallest absolute Gasteiger partial charge is 0.340 e. The van der Waals surface area contributed by atoms with Crippen molar-refractivity contribution in [3.63, 3.8) is 0 Å². The first-order chi connectivity index (χ1) is 9.82. The van der Waals surface area contributed by atoms with E-state index in [9.17, 15) is 19.8 Å². The van der Waals surface area contributed by atoms with Crippen LogP contribution in [0, 0.1) is 6.92 Å². The van der Waals surface area contributed by atoms with Crippen LogP contribution in [0.5, 0.6) is 5.75 Å². The Morgan fingerprint density at radius 3 is 2.62 bits per heavy atom. The van der Waals surface area contributed by atoms with Gasteiger partial charge in [-0.25, -0.2) is 4.79 Å². The number of phenols is 1. The molecule has 0 fully saturated rings. The molecule has 2 rings (SSSR count). The largest absolute Gasteiger partial charge is 0.507 e. The first-order valence-corrected chi connectivity index (χ1v) is 7.35. The molecule has 0 saturated carbocycles. The average Bonchev–Trinajstić information content (AvgIpc) is 2.79. The monoisotopic (exact) mass is 370 g/mol. The van der Waals surface area contributed by atoms with Crippen molar-refractivity contribution in [3.8, 4) is 5.75 Å². The summed E-state index contributed by atoms with van der Waals surface area (Å²) >= 11 is 4.12. The van der Waals surface area contributed by atoms with Gasteiger partial charge in [-0.3, -0.25) is 4.79 Å². The zero-order valence-corrected chi connectivity index (χ0v) is 13.5. The molecule has 1 aromatic heterocycles. The minimum absolute atomic E-state index is 0.00699. The minimum Gasteiger partial charge on any atom is -0.507 e. The van der Waals surface area contributed by atoms with Crippen LogP contribution < -0.4 is 4.90 Å². The predicted molar refractivity (Wildman–Crippen MR) is 82.4 cm³/mol. The highest BCUT2D eigenvalue weighted by Crippen LogP contribution is 2.31. The van der Waals surface area contributed by atoms with Crippen LogP contribution in [-0.4, -0.2) is 33.5 Å². The van der Waals surface area contributed by atoms with E-state index in [4.69, 9.17) is 0 Å². The Morgan fingerprint density at radius 2 is 2.05 bits per heavy atom. The molecule has 1 heterocycles. The number of hydrogen-bond acceptors (Lipinski definition) is 5. The number of aryl methyl sites for hydroxylation is 1. The van der Waals surface area contributed by atoms with Gasteiger partial charge in [-0.2, -0.15) is 4.37 Å². The molecule has 0 aliphatic rings. The number of rotatable bonds is 3. The third-order valence-corrected chi connectivity index (χ3v) is 4.37. The van der Waals surface area contributed by atoms with Crippen LogP contribution in [0.3, 0.4) is 0 Å². The number of benzene rings is 1. The topological polar surface area (TPSA) is 90.7 Å². The molecule has 0 saturated heterocycles. The standard InChI is InChI=1S/C13H11BrN2O4S/c1-6-10(13(19)20)12(21-15-6)16(2)11(18)8-4-3-7(14)5-9(8)17/h3-5,17H,1-2H3,(H,19,20). The molecule has 0 spiro atoms. The molecule has 0 unspecified atom stereocenters. The molecular weight excluding hydrogens is 360 g/mol. The highest BCUT2D eigenvalue weighted by molar-refractivity contribution is 9.10. The molecule has 0 bridgehead atoms. The van der Waals surface area contributed by atoms with Crippen molar-refractivity contribution in [3.05, 3.63) is 39.5 Å². The van der Waals surface area contributed by atoms with Gasteiger partial charge in [-0.1, -0.05) is 15.9 Å². The van der Waals surface area contributed by atoms with E-state index >= 15 is 0 Å². The number of nitrogens with zero attached hydrogens (tertiary/aromatic N) is 2. The number of halogens is 1. The normalized spacial score (nSPS) is 10.4. The first kappa shape index (κ1) is 15.5. The summed E-state index contributed by atoms with van der Waals surface area (Å²) in [6, 6.07) is 4.49. The molecule has 21 heavy (non-hydrogen) atoms. The van der Waals surface area contributed by atoms with Crippen molar-refractivity contribution < 1.29 is 19.8 Å². The number of anilines is 1. The first-order valence-electron chi connectivity index (χ1n) is 5.79. The van der Waals surface area contributed by atoms with Crippen LogP contribution in [-0.2, 0) is 0 Å². The molecule has 110 valence electrons. The highest BCUT2D eigenvalue weighted by Gasteiger charge is 2.25. The summed E-state index contributed by atoms with van der Waals surface area (Å²) in [6.45, 7) is 1.57. The van der Waals surface area contributed by atoms with Crippen molar-refractivity contribution in [1.29, 1.82) is 0 Å². The van der Waals surface area contributed by atoms with Crippen LogP contribution in [0.1, 0.15) is 26.4 Å². The number of hydrogen-bond donors (Lipinski definition) is 2. The van der Waals surface area contributed by atoms with Crippen LogP contribution in [0.15, 0.2) is 22.7 Å². The van der Waals surface area contributed by atoms with Crippen LogP contribution in [0.25, 0.3) is 0 Å². The quantitative estimate of drug-likeness (QED) is 0.866. The number of carboxylic acid groups (broad SMARTS) is 1. The third kappa shape index (κ3) is 2.91. The molecule has 2 aromatic rings. The molecule has 0 atom stereocenters. The highest BCUT2D eigenvalue weighted by atomic mass is 79.9. The van der Waals surface area contributed by atoms with E-state index in [0.717, 1.165) is 11.5 Å². The lowest BCUT2D eigenvalue weighted by molar-refractivity contribution is 0.0697. The number of carboxylic acids is 1. The SMILES string of the molecule is Cc1nsc(N(C)C(=O)c2ccc(Br)cc2O)c1C(=O)O. The summed E-state index contributed by atoms with van der Waals surface area (Å²) in [5.41, 5.74) is 0.428. The van der Waals surface area contributed by atoms with Gasteiger partial charge in [-0.05, 0) is 36.7 Å². The number of aromatic hydroxyl groups is 1. The van der Waals surface area contributed by atoms with E-state index in [-0.39, 0.29) is 21.9 Å². The average molecular weight is 371 g/mol. The lowest BCUT2D eigenvalue weighted by Gasteiger charge is -2.16. The van der Waals surface area contributed by atoms with E-state index in [2.05, 4.69) is 20.3 Å². The van der Waals surface area contributed by atoms with Gasteiger partial charge < -0.3 is 15.1 Å². The summed E-state index contributed by atoms with van der Waals surface area (Å²) in [4.78, 5) is 24.8. The van der Waals surface area contributed by atoms with E-state index in [1.807, 2.05) is 0 Å². The molecule has 1 amide bonds. The molecule has 0 radical (unpaired) electrons. The Bertz CT molecular complexity index is 729. The summed E-state index contributed by atoms with van der Waals surface area (Å²) in [5.74, 6) is -1.83. The minimum atomic E-state index is -1.14. The maximum absolute atomic E-state index is 12.4. The zero-order valence-electron chi connectivity index (χ0n) is 11.1. The Labute approximate surface area is 132 Å². The van der Waals surface area contributed by atoms with Crippen molar-refractivity contribution in [2.24, 2.45) is 0 Å². The second-order valence-electron chi connectivity index (χ2n) is 4.28. The summed E-state index contributed by atoms with van der Waals surface area (Å²) < 4.78 is 4.61. The van der Waals surface area contributed by atoms with E-state index in [1.165, 1.54) is 24.1 Å². The van der Waals surface area contributed by atoms with E-state index in [0.29, 0.717) is 10.2 Å². The van der Waals surface area contributed by atoms with Crippen LogP contribution in [0.2, 0.25) is 0 Å². The van der Waals surface area contributed by atoms with Crippen molar-refractivity contribution >= 4 is 44.3 Å². The molecule has 0 aliphatic carbocycles. The number of phenolic OH excluding ortho intramolecular Hbond substituents is 1. The van der Waals surface area contributed by atoms with E-state index in [1.54, 1.807) is 13.0 Å². The van der Waals surface area contributed by atoms with Crippen LogP contribution in [0.4, 0.5) is 5.00 Å². The maximum atomic E-state index is 12.4. The number of carbonyl (C=O) groups excluding carboxylic acids is 1. The van der Waals surface area contributed by atoms with Crippen molar-refractivity contribution in [2.75, 3.05) is 11.9 Å².